The second-order valence-corrected chi connectivity index (χ2v) is 7.82. The average Bonchev–Trinajstić information content (AvgIpc) is 2.78. The molecule has 2 rings (SSSR count). The van der Waals surface area contributed by atoms with Crippen molar-refractivity contribution in [3.8, 4) is 0 Å². The molecule has 3 amide bonds. The zero-order valence-corrected chi connectivity index (χ0v) is 19.6. The number of methoxy groups -OCH3 is 1. The third-order valence-electron chi connectivity index (χ3n) is 4.78. The molecule has 34 heavy (non-hydrogen) atoms. The summed E-state index contributed by atoms with van der Waals surface area (Å²) in [6.45, 7) is 3.85. The van der Waals surface area contributed by atoms with Crippen molar-refractivity contribution < 1.29 is 27.5 Å². The molecule has 0 unspecified atom stereocenters. The SMILES string of the molecule is COCCN(C(=O)CNC(=O)N(C(=N)c1ccncc1Cl)c1ccc(C(F)(F)F)cc1)C(C)C. The number of carbonyl (C=O) groups is 2. The van der Waals surface area contributed by atoms with Crippen LogP contribution < -0.4 is 10.2 Å². The smallest absolute Gasteiger partial charge is 0.383 e. The quantitative estimate of drug-likeness (QED) is 0.420. The summed E-state index contributed by atoms with van der Waals surface area (Å²) in [5.74, 6) is -0.793. The molecular formula is C22H25ClF3N5O3. The van der Waals surface area contributed by atoms with Crippen LogP contribution in [0.5, 0.6) is 0 Å². The van der Waals surface area contributed by atoms with Gasteiger partial charge in [-0.25, -0.2) is 9.69 Å². The predicted molar refractivity (Wildman–Crippen MR) is 122 cm³/mol. The highest BCUT2D eigenvalue weighted by Gasteiger charge is 2.31. The normalized spacial score (nSPS) is 11.3. The molecule has 0 aliphatic heterocycles. The van der Waals surface area contributed by atoms with E-state index in [4.69, 9.17) is 21.7 Å². The summed E-state index contributed by atoms with van der Waals surface area (Å²) in [5, 5.41) is 11.0. The largest absolute Gasteiger partial charge is 0.416 e. The van der Waals surface area contributed by atoms with E-state index in [1.165, 1.54) is 30.5 Å². The lowest BCUT2D eigenvalue weighted by atomic mass is 10.1. The van der Waals surface area contributed by atoms with Crippen LogP contribution in [0, 0.1) is 5.41 Å². The molecule has 0 spiro atoms. The molecule has 0 bridgehead atoms. The molecule has 184 valence electrons. The first kappa shape index (κ1) is 27.1. The topological polar surface area (TPSA) is 98.6 Å². The molecule has 2 N–H and O–H groups in total. The lowest BCUT2D eigenvalue weighted by molar-refractivity contribution is -0.137. The number of ether oxygens (including phenoxy) is 1. The van der Waals surface area contributed by atoms with E-state index in [1.54, 1.807) is 0 Å². The van der Waals surface area contributed by atoms with Crippen LogP contribution in [0.4, 0.5) is 23.7 Å². The van der Waals surface area contributed by atoms with Gasteiger partial charge >= 0.3 is 12.2 Å². The van der Waals surface area contributed by atoms with Crippen molar-refractivity contribution >= 4 is 35.1 Å². The van der Waals surface area contributed by atoms with Crippen LogP contribution in [0.3, 0.4) is 0 Å². The summed E-state index contributed by atoms with van der Waals surface area (Å²) in [6.07, 6.45) is -1.94. The Morgan fingerprint density at radius 2 is 1.85 bits per heavy atom. The van der Waals surface area contributed by atoms with E-state index >= 15 is 0 Å². The number of nitrogens with zero attached hydrogens (tertiary/aromatic N) is 3. The number of amides is 3. The molecule has 0 radical (unpaired) electrons. The molecule has 0 aliphatic carbocycles. The van der Waals surface area contributed by atoms with Crippen molar-refractivity contribution in [1.29, 1.82) is 5.41 Å². The van der Waals surface area contributed by atoms with Gasteiger partial charge in [0.15, 0.2) is 0 Å². The van der Waals surface area contributed by atoms with E-state index in [1.807, 2.05) is 13.8 Å². The molecular weight excluding hydrogens is 475 g/mol. The van der Waals surface area contributed by atoms with E-state index in [-0.39, 0.29) is 28.2 Å². The number of nitrogens with one attached hydrogen (secondary N) is 2. The molecule has 1 heterocycles. The summed E-state index contributed by atoms with van der Waals surface area (Å²) >= 11 is 6.11. The molecule has 12 heteroatoms. The Bertz CT molecular complexity index is 1020. The number of hydrogen-bond donors (Lipinski definition) is 2. The Labute approximate surface area is 200 Å². The molecule has 0 atom stereocenters. The fraction of sp³-hybridized carbons (Fsp3) is 0.364. The minimum Gasteiger partial charge on any atom is -0.383 e. The number of anilines is 1. The number of benzene rings is 1. The monoisotopic (exact) mass is 499 g/mol. The molecule has 0 saturated carbocycles. The Balaban J connectivity index is 2.32. The standard InChI is InChI=1S/C22H25ClF3N5O3/c1-14(2)30(10-11-34-3)19(32)13-29-21(33)31(20(27)17-8-9-28-12-18(17)23)16-6-4-15(5-7-16)22(24,25)26/h4-9,12,14,27H,10-11,13H2,1-3H3,(H,29,33). The van der Waals surface area contributed by atoms with E-state index in [0.717, 1.165) is 29.2 Å². The highest BCUT2D eigenvalue weighted by molar-refractivity contribution is 6.36. The molecule has 0 aliphatic rings. The molecule has 0 saturated heterocycles. The van der Waals surface area contributed by atoms with Crippen molar-refractivity contribution in [3.63, 3.8) is 0 Å². The Hall–Kier alpha value is -3.18. The fourth-order valence-electron chi connectivity index (χ4n) is 3.03. The molecule has 8 nitrogen and oxygen atoms in total. The first-order valence-corrected chi connectivity index (χ1v) is 10.6. The summed E-state index contributed by atoms with van der Waals surface area (Å²) in [4.78, 5) is 31.9. The van der Waals surface area contributed by atoms with Crippen LogP contribution in [-0.2, 0) is 15.7 Å². The maximum absolute atomic E-state index is 13.1. The maximum atomic E-state index is 13.1. The van der Waals surface area contributed by atoms with Crippen LogP contribution >= 0.6 is 11.6 Å². The number of aromatic nitrogens is 1. The van der Waals surface area contributed by atoms with Gasteiger partial charge < -0.3 is 15.0 Å². The number of urea groups is 1. The Morgan fingerprint density at radius 3 is 2.38 bits per heavy atom. The maximum Gasteiger partial charge on any atom is 0.416 e. The van der Waals surface area contributed by atoms with E-state index in [9.17, 15) is 22.8 Å². The van der Waals surface area contributed by atoms with Gasteiger partial charge in [-0.2, -0.15) is 13.2 Å². The summed E-state index contributed by atoms with van der Waals surface area (Å²) in [5.41, 5.74) is -0.802. The van der Waals surface area contributed by atoms with Gasteiger partial charge in [0.05, 0.1) is 29.4 Å². The zero-order chi connectivity index (χ0) is 25.5. The molecule has 2 aromatic rings. The first-order chi connectivity index (χ1) is 16.0. The van der Waals surface area contributed by atoms with E-state index in [2.05, 4.69) is 10.3 Å². The number of rotatable bonds is 8. The van der Waals surface area contributed by atoms with E-state index in [0.29, 0.717) is 13.2 Å². The number of alkyl halides is 3. The number of amidine groups is 1. The molecule has 1 aromatic carbocycles. The van der Waals surface area contributed by atoms with Gasteiger partial charge in [0.2, 0.25) is 5.91 Å². The highest BCUT2D eigenvalue weighted by Crippen LogP contribution is 2.31. The van der Waals surface area contributed by atoms with Crippen molar-refractivity contribution in [3.05, 3.63) is 58.9 Å². The lowest BCUT2D eigenvalue weighted by Gasteiger charge is -2.28. The molecule has 1 aromatic heterocycles. The molecule has 0 fully saturated rings. The van der Waals surface area contributed by atoms with Crippen LogP contribution in [-0.4, -0.2) is 60.5 Å². The van der Waals surface area contributed by atoms with E-state index < -0.39 is 30.2 Å². The van der Waals surface area contributed by atoms with Crippen LogP contribution in [0.25, 0.3) is 0 Å². The van der Waals surface area contributed by atoms with Crippen molar-refractivity contribution in [1.82, 2.24) is 15.2 Å². The minimum atomic E-state index is -4.57. The summed E-state index contributed by atoms with van der Waals surface area (Å²) < 4.78 is 44.0. The second-order valence-electron chi connectivity index (χ2n) is 7.42. The number of hydrogen-bond acceptors (Lipinski definition) is 5. The third kappa shape index (κ3) is 6.91. The van der Waals surface area contributed by atoms with Crippen LogP contribution in [0.15, 0.2) is 42.7 Å². The van der Waals surface area contributed by atoms with Crippen LogP contribution in [0.1, 0.15) is 25.0 Å². The van der Waals surface area contributed by atoms with Crippen molar-refractivity contribution in [2.24, 2.45) is 0 Å². The van der Waals surface area contributed by atoms with Gasteiger partial charge in [-0.15, -0.1) is 0 Å². The highest BCUT2D eigenvalue weighted by atomic mass is 35.5. The first-order valence-electron chi connectivity index (χ1n) is 10.2. The van der Waals surface area contributed by atoms with Crippen molar-refractivity contribution in [2.75, 3.05) is 31.7 Å². The van der Waals surface area contributed by atoms with Gasteiger partial charge in [0.25, 0.3) is 0 Å². The summed E-state index contributed by atoms with van der Waals surface area (Å²) in [6, 6.07) is 4.08. The Morgan fingerprint density at radius 1 is 1.21 bits per heavy atom. The second kappa shape index (κ2) is 11.8. The fourth-order valence-corrected chi connectivity index (χ4v) is 3.24. The average molecular weight is 500 g/mol. The van der Waals surface area contributed by atoms with Gasteiger partial charge in [-0.3, -0.25) is 15.2 Å². The van der Waals surface area contributed by atoms with Gasteiger partial charge in [0, 0.05) is 37.7 Å². The minimum absolute atomic E-state index is 0.0177. The van der Waals surface area contributed by atoms with Crippen molar-refractivity contribution in [2.45, 2.75) is 26.1 Å². The summed E-state index contributed by atoms with van der Waals surface area (Å²) in [7, 11) is 1.50. The number of carbonyl (C=O) groups excluding carboxylic acids is 2. The lowest BCUT2D eigenvalue weighted by Crippen LogP contribution is -2.49. The van der Waals surface area contributed by atoms with Gasteiger partial charge in [0.1, 0.15) is 5.84 Å². The van der Waals surface area contributed by atoms with Crippen LogP contribution in [0.2, 0.25) is 5.02 Å². The van der Waals surface area contributed by atoms with Gasteiger partial charge in [-0.05, 0) is 44.2 Å². The third-order valence-corrected chi connectivity index (χ3v) is 5.08. The number of halogens is 4. The predicted octanol–water partition coefficient (Wildman–Crippen LogP) is 4.18. The zero-order valence-electron chi connectivity index (χ0n) is 18.8. The Kier molecular flexibility index (Phi) is 9.39. The van der Waals surface area contributed by atoms with Gasteiger partial charge in [-0.1, -0.05) is 11.6 Å². The number of pyridine rings is 1.